The fourth-order valence-corrected chi connectivity index (χ4v) is 2.52. The van der Waals surface area contributed by atoms with Crippen molar-refractivity contribution in [3.8, 4) is 5.75 Å². The highest BCUT2D eigenvalue weighted by Gasteiger charge is 2.04. The van der Waals surface area contributed by atoms with E-state index in [-0.39, 0.29) is 12.6 Å². The molecule has 0 aliphatic heterocycles. The van der Waals surface area contributed by atoms with Crippen molar-refractivity contribution in [2.75, 3.05) is 7.11 Å². The quantitative estimate of drug-likeness (QED) is 0.555. The van der Waals surface area contributed by atoms with Gasteiger partial charge in [-0.3, -0.25) is 0 Å². The number of ether oxygens (including phenoxy) is 2. The number of aryl methyl sites for hydroxylation is 2. The number of carbonyl (C=O) groups excluding carboxylic acids is 1. The maximum atomic E-state index is 11.9. The second-order valence-electron chi connectivity index (χ2n) is 5.26. The molecule has 4 heteroatoms. The number of rotatable bonds is 5. The van der Waals surface area contributed by atoms with Crippen LogP contribution in [0.15, 0.2) is 46.9 Å². The van der Waals surface area contributed by atoms with Crippen LogP contribution < -0.4 is 4.74 Å². The zero-order valence-corrected chi connectivity index (χ0v) is 15.0. The van der Waals surface area contributed by atoms with Crippen LogP contribution in [0.2, 0.25) is 0 Å². The summed E-state index contributed by atoms with van der Waals surface area (Å²) in [6.45, 7) is 4.29. The first kappa shape index (κ1) is 17.3. The Kier molecular flexibility index (Phi) is 5.99. The minimum Gasteiger partial charge on any atom is -0.496 e. The number of methoxy groups -OCH3 is 1. The Hall–Kier alpha value is -2.07. The molecule has 0 atom stereocenters. The van der Waals surface area contributed by atoms with Crippen LogP contribution in [0.4, 0.5) is 0 Å². The highest BCUT2D eigenvalue weighted by Crippen LogP contribution is 2.24. The van der Waals surface area contributed by atoms with Crippen molar-refractivity contribution in [2.45, 2.75) is 20.5 Å². The van der Waals surface area contributed by atoms with Crippen molar-refractivity contribution in [3.05, 3.63) is 69.2 Å². The third-order valence-electron chi connectivity index (χ3n) is 3.47. The van der Waals surface area contributed by atoms with E-state index in [2.05, 4.69) is 15.9 Å². The van der Waals surface area contributed by atoms with Gasteiger partial charge in [-0.15, -0.1) is 0 Å². The zero-order chi connectivity index (χ0) is 16.8. The molecule has 0 unspecified atom stereocenters. The van der Waals surface area contributed by atoms with Crippen LogP contribution >= 0.6 is 15.9 Å². The number of hydrogen-bond acceptors (Lipinski definition) is 3. The van der Waals surface area contributed by atoms with Gasteiger partial charge in [0.2, 0.25) is 0 Å². The van der Waals surface area contributed by atoms with Gasteiger partial charge in [0.25, 0.3) is 0 Å². The minimum absolute atomic E-state index is 0.270. The van der Waals surface area contributed by atoms with E-state index in [1.165, 1.54) is 6.08 Å². The van der Waals surface area contributed by atoms with Crippen molar-refractivity contribution < 1.29 is 14.3 Å². The first-order chi connectivity index (χ1) is 11.0. The zero-order valence-electron chi connectivity index (χ0n) is 13.4. The second kappa shape index (κ2) is 7.97. The predicted octanol–water partition coefficient (Wildman–Crippen LogP) is 4.83. The highest BCUT2D eigenvalue weighted by atomic mass is 79.9. The molecule has 2 aromatic rings. The summed E-state index contributed by atoms with van der Waals surface area (Å²) in [5.74, 6) is 0.319. The molecule has 3 nitrogen and oxygen atoms in total. The first-order valence-electron chi connectivity index (χ1n) is 7.24. The Bertz CT molecular complexity index is 735. The third kappa shape index (κ3) is 4.96. The number of halogens is 1. The molecule has 0 aliphatic carbocycles. The highest BCUT2D eigenvalue weighted by molar-refractivity contribution is 9.10. The number of benzene rings is 2. The molecule has 0 fully saturated rings. The topological polar surface area (TPSA) is 35.5 Å². The lowest BCUT2D eigenvalue weighted by molar-refractivity contribution is -0.138. The Morgan fingerprint density at radius 3 is 2.70 bits per heavy atom. The molecule has 0 saturated carbocycles. The summed E-state index contributed by atoms with van der Waals surface area (Å²) in [7, 11) is 1.60. The SMILES string of the molecule is COc1ccc(Br)cc1/C=C/C(=O)OCc1cc(C)ccc1C. The molecule has 2 aromatic carbocycles. The first-order valence-corrected chi connectivity index (χ1v) is 8.03. The van der Waals surface area contributed by atoms with Crippen molar-refractivity contribution in [1.82, 2.24) is 0 Å². The Balaban J connectivity index is 2.02. The molecule has 0 heterocycles. The van der Waals surface area contributed by atoms with Crippen LogP contribution in [-0.2, 0) is 16.1 Å². The van der Waals surface area contributed by atoms with Gasteiger partial charge in [0.15, 0.2) is 0 Å². The van der Waals surface area contributed by atoms with Gasteiger partial charge in [-0.1, -0.05) is 39.7 Å². The van der Waals surface area contributed by atoms with Crippen LogP contribution in [0, 0.1) is 13.8 Å². The lowest BCUT2D eigenvalue weighted by atomic mass is 10.1. The van der Waals surface area contributed by atoms with E-state index < -0.39 is 0 Å². The largest absolute Gasteiger partial charge is 0.496 e. The molecule has 0 aliphatic rings. The molecule has 23 heavy (non-hydrogen) atoms. The van der Waals surface area contributed by atoms with E-state index in [1.54, 1.807) is 13.2 Å². The lowest BCUT2D eigenvalue weighted by Crippen LogP contribution is -2.02. The van der Waals surface area contributed by atoms with E-state index in [0.29, 0.717) is 5.75 Å². The smallest absolute Gasteiger partial charge is 0.331 e. The second-order valence-corrected chi connectivity index (χ2v) is 6.17. The van der Waals surface area contributed by atoms with Gasteiger partial charge in [0.1, 0.15) is 12.4 Å². The van der Waals surface area contributed by atoms with E-state index in [1.807, 2.05) is 50.2 Å². The normalized spacial score (nSPS) is 10.8. The summed E-state index contributed by atoms with van der Waals surface area (Å²) in [6.07, 6.45) is 3.10. The molecule has 0 N–H and O–H groups in total. The lowest BCUT2D eigenvalue weighted by Gasteiger charge is -2.07. The van der Waals surface area contributed by atoms with Crippen molar-refractivity contribution in [1.29, 1.82) is 0 Å². The Morgan fingerprint density at radius 2 is 1.96 bits per heavy atom. The summed E-state index contributed by atoms with van der Waals surface area (Å²) in [6, 6.07) is 11.7. The fourth-order valence-electron chi connectivity index (χ4n) is 2.15. The molecule has 0 saturated heterocycles. The Morgan fingerprint density at radius 1 is 1.17 bits per heavy atom. The van der Waals surface area contributed by atoms with Gasteiger partial charge < -0.3 is 9.47 Å². The van der Waals surface area contributed by atoms with Crippen LogP contribution in [-0.4, -0.2) is 13.1 Å². The molecule has 0 radical (unpaired) electrons. The van der Waals surface area contributed by atoms with E-state index in [4.69, 9.17) is 9.47 Å². The van der Waals surface area contributed by atoms with E-state index >= 15 is 0 Å². The summed E-state index contributed by atoms with van der Waals surface area (Å²) in [4.78, 5) is 11.9. The molecule has 0 spiro atoms. The van der Waals surface area contributed by atoms with Gasteiger partial charge in [-0.25, -0.2) is 4.79 Å². The summed E-state index contributed by atoms with van der Waals surface area (Å²) in [5, 5.41) is 0. The van der Waals surface area contributed by atoms with E-state index in [0.717, 1.165) is 26.7 Å². The van der Waals surface area contributed by atoms with Crippen LogP contribution in [0.3, 0.4) is 0 Å². The molecule has 2 rings (SSSR count). The van der Waals surface area contributed by atoms with Crippen molar-refractivity contribution in [2.24, 2.45) is 0 Å². The predicted molar refractivity (Wildman–Crippen MR) is 95.4 cm³/mol. The molecule has 0 amide bonds. The molecular formula is C19H19BrO3. The monoisotopic (exact) mass is 374 g/mol. The van der Waals surface area contributed by atoms with Crippen LogP contribution in [0.1, 0.15) is 22.3 Å². The van der Waals surface area contributed by atoms with Crippen molar-refractivity contribution >= 4 is 28.0 Å². The van der Waals surface area contributed by atoms with Gasteiger partial charge in [0, 0.05) is 16.1 Å². The number of carbonyl (C=O) groups is 1. The molecule has 120 valence electrons. The average Bonchev–Trinajstić information content (AvgIpc) is 2.54. The maximum Gasteiger partial charge on any atom is 0.331 e. The number of esters is 1. The van der Waals surface area contributed by atoms with Gasteiger partial charge in [0.05, 0.1) is 7.11 Å². The standard InChI is InChI=1S/C19H19BrO3/c1-13-4-5-14(2)16(10-13)12-23-19(21)9-6-15-11-17(20)7-8-18(15)22-3/h4-11H,12H2,1-3H3/b9-6+. The van der Waals surface area contributed by atoms with E-state index in [9.17, 15) is 4.79 Å². The molecular weight excluding hydrogens is 356 g/mol. The van der Waals surface area contributed by atoms with Gasteiger partial charge in [-0.05, 0) is 49.2 Å². The average molecular weight is 375 g/mol. The molecule has 0 bridgehead atoms. The maximum absolute atomic E-state index is 11.9. The summed E-state index contributed by atoms with van der Waals surface area (Å²) < 4.78 is 11.5. The summed E-state index contributed by atoms with van der Waals surface area (Å²) in [5.41, 5.74) is 4.09. The van der Waals surface area contributed by atoms with Gasteiger partial charge in [-0.2, -0.15) is 0 Å². The number of hydrogen-bond donors (Lipinski definition) is 0. The van der Waals surface area contributed by atoms with Crippen LogP contribution in [0.5, 0.6) is 5.75 Å². The summed E-state index contributed by atoms with van der Waals surface area (Å²) >= 11 is 3.40. The fraction of sp³-hybridized carbons (Fsp3) is 0.211. The third-order valence-corrected chi connectivity index (χ3v) is 3.96. The van der Waals surface area contributed by atoms with Crippen LogP contribution in [0.25, 0.3) is 6.08 Å². The molecule has 0 aromatic heterocycles. The minimum atomic E-state index is -0.382. The van der Waals surface area contributed by atoms with Gasteiger partial charge >= 0.3 is 5.97 Å². The van der Waals surface area contributed by atoms with Crippen molar-refractivity contribution in [3.63, 3.8) is 0 Å². The Labute approximate surface area is 145 Å².